The second-order valence-corrected chi connectivity index (χ2v) is 3.40. The van der Waals surface area contributed by atoms with Crippen molar-refractivity contribution in [2.24, 2.45) is 5.73 Å². The van der Waals surface area contributed by atoms with Crippen LogP contribution in [-0.4, -0.2) is 30.5 Å². The minimum Gasteiger partial charge on any atom is -0.385 e. The van der Waals surface area contributed by atoms with Crippen LogP contribution >= 0.6 is 0 Å². The van der Waals surface area contributed by atoms with Crippen LogP contribution in [0.2, 0.25) is 0 Å². The van der Waals surface area contributed by atoms with Gasteiger partial charge in [-0.05, 0) is 18.6 Å². The van der Waals surface area contributed by atoms with Crippen molar-refractivity contribution < 1.29 is 9.53 Å². The molecule has 0 saturated carbocycles. The lowest BCUT2D eigenvalue weighted by molar-refractivity contribution is 0.0967. The highest BCUT2D eigenvalue weighted by molar-refractivity contribution is 5.96. The number of nitrogens with two attached hydrogens (primary N) is 1. The molecule has 4 heteroatoms. The first kappa shape index (κ1) is 11.8. The third-order valence-corrected chi connectivity index (χ3v) is 2.14. The van der Waals surface area contributed by atoms with Gasteiger partial charge in [0, 0.05) is 44.1 Å². The Morgan fingerprint density at radius 3 is 2.80 bits per heavy atom. The molecule has 0 aliphatic heterocycles. The van der Waals surface area contributed by atoms with E-state index in [2.05, 4.69) is 4.98 Å². The second-order valence-electron chi connectivity index (χ2n) is 3.40. The maximum atomic E-state index is 11.7. The lowest BCUT2D eigenvalue weighted by Gasteiger charge is -2.09. The number of carbonyl (C=O) groups excluding carboxylic acids is 1. The Morgan fingerprint density at radius 2 is 2.20 bits per heavy atom. The summed E-state index contributed by atoms with van der Waals surface area (Å²) in [5, 5.41) is 0. The maximum absolute atomic E-state index is 11.7. The first-order valence-corrected chi connectivity index (χ1v) is 4.91. The van der Waals surface area contributed by atoms with E-state index in [0.29, 0.717) is 25.0 Å². The average Bonchev–Trinajstić information content (AvgIpc) is 2.27. The fraction of sp³-hybridized carbons (Fsp3) is 0.455. The molecule has 0 aliphatic carbocycles. The van der Waals surface area contributed by atoms with E-state index in [1.165, 1.54) is 0 Å². The summed E-state index contributed by atoms with van der Waals surface area (Å²) in [4.78, 5) is 15.5. The molecule has 0 radical (unpaired) electrons. The molecule has 0 aromatic carbocycles. The lowest BCUT2D eigenvalue weighted by atomic mass is 10.0. The predicted octanol–water partition coefficient (Wildman–Crippen LogP) is 1.02. The summed E-state index contributed by atoms with van der Waals surface area (Å²) in [5.41, 5.74) is 6.45. The number of methoxy groups -OCH3 is 1. The van der Waals surface area contributed by atoms with Gasteiger partial charge in [0.2, 0.25) is 0 Å². The van der Waals surface area contributed by atoms with Crippen molar-refractivity contribution in [3.05, 3.63) is 30.1 Å². The molecule has 1 heterocycles. The molecular weight excluding hydrogens is 192 g/mol. The zero-order valence-electron chi connectivity index (χ0n) is 8.85. The summed E-state index contributed by atoms with van der Waals surface area (Å²) in [6.45, 7) is 0.588. The van der Waals surface area contributed by atoms with E-state index >= 15 is 0 Å². The van der Waals surface area contributed by atoms with Crippen molar-refractivity contribution in [3.63, 3.8) is 0 Å². The molecule has 1 rings (SSSR count). The molecule has 0 fully saturated rings. The van der Waals surface area contributed by atoms with Crippen molar-refractivity contribution >= 4 is 5.78 Å². The number of ketones is 1. The number of pyridine rings is 1. The smallest absolute Gasteiger partial charge is 0.164 e. The van der Waals surface area contributed by atoms with E-state index in [0.717, 1.165) is 0 Å². The van der Waals surface area contributed by atoms with Crippen molar-refractivity contribution in [2.45, 2.75) is 18.9 Å². The number of hydrogen-bond donors (Lipinski definition) is 1. The van der Waals surface area contributed by atoms with Crippen LogP contribution in [0.15, 0.2) is 24.5 Å². The first-order chi connectivity index (χ1) is 7.24. The number of Topliss-reactive ketones (excluding diaryl/α,β-unsaturated/α-hetero) is 1. The quantitative estimate of drug-likeness (QED) is 0.709. The summed E-state index contributed by atoms with van der Waals surface area (Å²) in [6, 6.07) is 3.27. The van der Waals surface area contributed by atoms with Gasteiger partial charge < -0.3 is 10.5 Å². The van der Waals surface area contributed by atoms with Crippen LogP contribution in [0, 0.1) is 0 Å². The van der Waals surface area contributed by atoms with E-state index in [9.17, 15) is 4.79 Å². The minimum absolute atomic E-state index is 0.0565. The van der Waals surface area contributed by atoms with E-state index in [1.807, 2.05) is 0 Å². The monoisotopic (exact) mass is 208 g/mol. The van der Waals surface area contributed by atoms with E-state index in [4.69, 9.17) is 10.5 Å². The minimum atomic E-state index is -0.134. The Labute approximate surface area is 89.5 Å². The van der Waals surface area contributed by atoms with E-state index in [-0.39, 0.29) is 11.8 Å². The zero-order valence-corrected chi connectivity index (χ0v) is 8.85. The molecule has 0 saturated heterocycles. The molecule has 15 heavy (non-hydrogen) atoms. The summed E-state index contributed by atoms with van der Waals surface area (Å²) in [6.07, 6.45) is 4.27. The van der Waals surface area contributed by atoms with E-state index < -0.39 is 0 Å². The van der Waals surface area contributed by atoms with Crippen LogP contribution in [0.1, 0.15) is 23.2 Å². The molecule has 0 amide bonds. The van der Waals surface area contributed by atoms with Crippen LogP contribution in [0.3, 0.4) is 0 Å². The van der Waals surface area contributed by atoms with Gasteiger partial charge in [0.25, 0.3) is 0 Å². The Morgan fingerprint density at radius 1 is 1.53 bits per heavy atom. The van der Waals surface area contributed by atoms with Crippen LogP contribution in [0.5, 0.6) is 0 Å². The van der Waals surface area contributed by atoms with Crippen LogP contribution in [0.25, 0.3) is 0 Å². The van der Waals surface area contributed by atoms with Crippen LogP contribution in [-0.2, 0) is 4.74 Å². The predicted molar refractivity (Wildman–Crippen MR) is 57.7 cm³/mol. The molecule has 1 aromatic heterocycles. The average molecular weight is 208 g/mol. The molecule has 0 spiro atoms. The van der Waals surface area contributed by atoms with Crippen LogP contribution in [0.4, 0.5) is 0 Å². The molecule has 4 nitrogen and oxygen atoms in total. The highest BCUT2D eigenvalue weighted by Gasteiger charge is 2.10. The van der Waals surface area contributed by atoms with Gasteiger partial charge in [-0.3, -0.25) is 9.78 Å². The number of hydrogen-bond acceptors (Lipinski definition) is 4. The molecule has 1 atom stereocenters. The summed E-state index contributed by atoms with van der Waals surface area (Å²) < 4.78 is 4.90. The summed E-state index contributed by atoms with van der Waals surface area (Å²) >= 11 is 0. The van der Waals surface area contributed by atoms with Gasteiger partial charge in [0.05, 0.1) is 0 Å². The van der Waals surface area contributed by atoms with Gasteiger partial charge in [0.15, 0.2) is 5.78 Å². The van der Waals surface area contributed by atoms with Gasteiger partial charge in [-0.15, -0.1) is 0 Å². The van der Waals surface area contributed by atoms with Gasteiger partial charge in [-0.25, -0.2) is 0 Å². The van der Waals surface area contributed by atoms with Gasteiger partial charge in [-0.1, -0.05) is 0 Å². The Balaban J connectivity index is 2.42. The molecule has 1 aromatic rings. The maximum Gasteiger partial charge on any atom is 0.164 e. The van der Waals surface area contributed by atoms with Crippen molar-refractivity contribution in [1.82, 2.24) is 4.98 Å². The fourth-order valence-corrected chi connectivity index (χ4v) is 1.27. The molecule has 2 N–H and O–H groups in total. The van der Waals surface area contributed by atoms with Crippen molar-refractivity contribution in [2.75, 3.05) is 13.7 Å². The third kappa shape index (κ3) is 4.18. The third-order valence-electron chi connectivity index (χ3n) is 2.14. The topological polar surface area (TPSA) is 65.2 Å². The fourth-order valence-electron chi connectivity index (χ4n) is 1.27. The number of aromatic nitrogens is 1. The number of carbonyl (C=O) groups is 1. The lowest BCUT2D eigenvalue weighted by Crippen LogP contribution is -2.25. The summed E-state index contributed by atoms with van der Waals surface area (Å²) in [7, 11) is 1.62. The first-order valence-electron chi connectivity index (χ1n) is 4.91. The second kappa shape index (κ2) is 6.27. The Kier molecular flexibility index (Phi) is 4.93. The summed E-state index contributed by atoms with van der Waals surface area (Å²) in [5.74, 6) is 0.0565. The molecule has 0 aliphatic rings. The van der Waals surface area contributed by atoms with Crippen molar-refractivity contribution in [3.8, 4) is 0 Å². The number of ether oxygens (including phenoxy) is 1. The molecule has 1 unspecified atom stereocenters. The van der Waals surface area contributed by atoms with Crippen molar-refractivity contribution in [1.29, 1.82) is 0 Å². The SMILES string of the molecule is COCCC(N)CC(=O)c1ccncc1. The number of rotatable bonds is 6. The van der Waals surface area contributed by atoms with Crippen LogP contribution < -0.4 is 5.73 Å². The normalized spacial score (nSPS) is 12.4. The Hall–Kier alpha value is -1.26. The van der Waals surface area contributed by atoms with Gasteiger partial charge in [0.1, 0.15) is 0 Å². The highest BCUT2D eigenvalue weighted by Crippen LogP contribution is 2.05. The highest BCUT2D eigenvalue weighted by atomic mass is 16.5. The standard InChI is InChI=1S/C11H16N2O2/c1-15-7-4-10(12)8-11(14)9-2-5-13-6-3-9/h2-3,5-6,10H,4,7-8,12H2,1H3. The number of nitrogens with zero attached hydrogens (tertiary/aromatic N) is 1. The van der Waals surface area contributed by atoms with E-state index in [1.54, 1.807) is 31.6 Å². The van der Waals surface area contributed by atoms with Gasteiger partial charge >= 0.3 is 0 Å². The molecular formula is C11H16N2O2. The zero-order chi connectivity index (χ0) is 11.1. The largest absolute Gasteiger partial charge is 0.385 e. The molecule has 82 valence electrons. The Bertz CT molecular complexity index is 301. The van der Waals surface area contributed by atoms with Gasteiger partial charge in [-0.2, -0.15) is 0 Å². The molecule has 0 bridgehead atoms.